The second kappa shape index (κ2) is 4.98. The fraction of sp³-hybridized carbons (Fsp3) is 0.111. The summed E-state index contributed by atoms with van der Waals surface area (Å²) in [6, 6.07) is 3.79. The molecule has 0 saturated heterocycles. The second-order valence-corrected chi connectivity index (χ2v) is 4.64. The number of carboxylic acids is 1. The number of carbonyl (C=O) groups is 1. The van der Waals surface area contributed by atoms with Crippen LogP contribution in [-0.2, 0) is 0 Å². The number of aromatic carboxylic acids is 1. The fourth-order valence-corrected chi connectivity index (χ4v) is 2.40. The third-order valence-corrected chi connectivity index (χ3v) is 3.61. The van der Waals surface area contributed by atoms with Crippen LogP contribution in [0.1, 0.15) is 15.9 Å². The molecule has 0 aliphatic rings. The van der Waals surface area contributed by atoms with E-state index in [0.29, 0.717) is 0 Å². The van der Waals surface area contributed by atoms with Gasteiger partial charge in [-0.1, -0.05) is 0 Å². The highest BCUT2D eigenvalue weighted by atomic mass is 79.9. The number of nitriles is 1. The van der Waals surface area contributed by atoms with Crippen molar-refractivity contribution >= 4 is 33.7 Å². The van der Waals surface area contributed by atoms with Crippen molar-refractivity contribution in [1.29, 1.82) is 5.26 Å². The van der Waals surface area contributed by atoms with Gasteiger partial charge >= 0.3 is 11.5 Å². The zero-order chi connectivity index (χ0) is 13.2. The van der Waals surface area contributed by atoms with Crippen molar-refractivity contribution in [3.8, 4) is 6.07 Å². The Hall–Kier alpha value is -1.20. The van der Waals surface area contributed by atoms with E-state index in [0.717, 1.165) is 12.1 Å². The van der Waals surface area contributed by atoms with E-state index in [1.165, 1.54) is 0 Å². The van der Waals surface area contributed by atoms with Crippen LogP contribution in [0.4, 0.5) is 13.2 Å². The molecule has 17 heavy (non-hydrogen) atoms. The van der Waals surface area contributed by atoms with Crippen molar-refractivity contribution in [3.05, 3.63) is 27.7 Å². The summed E-state index contributed by atoms with van der Waals surface area (Å²) in [7, 11) is 0. The molecule has 1 aromatic carbocycles. The van der Waals surface area contributed by atoms with Crippen LogP contribution in [0.25, 0.3) is 0 Å². The average Bonchev–Trinajstić information content (AvgIpc) is 2.18. The van der Waals surface area contributed by atoms with Gasteiger partial charge in [0.15, 0.2) is 0 Å². The van der Waals surface area contributed by atoms with Gasteiger partial charge < -0.3 is 5.11 Å². The van der Waals surface area contributed by atoms with Gasteiger partial charge in [-0.3, -0.25) is 0 Å². The number of carboxylic acid groups (broad SMARTS) is 1. The monoisotopic (exact) mass is 325 g/mol. The summed E-state index contributed by atoms with van der Waals surface area (Å²) in [5.74, 6) is -1.48. The standard InChI is InChI=1S/C9H3BrF3NO2S/c10-6-4(3-14)1-2-5(8(15)16)7(6)17-9(11,12)13/h1-2H,(H,15,16). The number of hydrogen-bond donors (Lipinski definition) is 1. The molecule has 0 unspecified atom stereocenters. The molecule has 0 atom stereocenters. The highest BCUT2D eigenvalue weighted by Gasteiger charge is 2.33. The fourth-order valence-electron chi connectivity index (χ4n) is 1.03. The molecule has 90 valence electrons. The van der Waals surface area contributed by atoms with Gasteiger partial charge in [-0.25, -0.2) is 4.79 Å². The smallest absolute Gasteiger partial charge is 0.446 e. The maximum atomic E-state index is 12.3. The number of rotatable bonds is 2. The first-order valence-corrected chi connectivity index (χ1v) is 5.59. The molecular formula is C9H3BrF3NO2S. The molecule has 0 spiro atoms. The molecule has 3 nitrogen and oxygen atoms in total. The van der Waals surface area contributed by atoms with E-state index in [9.17, 15) is 18.0 Å². The minimum Gasteiger partial charge on any atom is -0.478 e. The maximum absolute atomic E-state index is 12.3. The Bertz CT molecular complexity index is 510. The minimum atomic E-state index is -4.62. The minimum absolute atomic E-state index is 0.0539. The molecule has 0 amide bonds. The van der Waals surface area contributed by atoms with Crippen molar-refractivity contribution in [2.24, 2.45) is 0 Å². The van der Waals surface area contributed by atoms with Gasteiger partial charge in [0.05, 0.1) is 15.6 Å². The van der Waals surface area contributed by atoms with Gasteiger partial charge in [0.1, 0.15) is 6.07 Å². The van der Waals surface area contributed by atoms with Crippen LogP contribution in [0.15, 0.2) is 21.5 Å². The molecule has 0 saturated carbocycles. The highest BCUT2D eigenvalue weighted by molar-refractivity contribution is 9.10. The number of halogens is 4. The summed E-state index contributed by atoms with van der Waals surface area (Å²) >= 11 is 2.24. The summed E-state index contributed by atoms with van der Waals surface area (Å²) in [6.07, 6.45) is 0. The first-order valence-electron chi connectivity index (χ1n) is 3.98. The molecule has 1 aromatic rings. The SMILES string of the molecule is N#Cc1ccc(C(=O)O)c(SC(F)(F)F)c1Br. The Balaban J connectivity index is 3.41. The Labute approximate surface area is 106 Å². The van der Waals surface area contributed by atoms with Crippen LogP contribution in [0.2, 0.25) is 0 Å². The maximum Gasteiger partial charge on any atom is 0.446 e. The van der Waals surface area contributed by atoms with Gasteiger partial charge in [0, 0.05) is 4.90 Å². The van der Waals surface area contributed by atoms with Crippen LogP contribution < -0.4 is 0 Å². The van der Waals surface area contributed by atoms with Gasteiger partial charge in [0.25, 0.3) is 0 Å². The number of hydrogen-bond acceptors (Lipinski definition) is 3. The van der Waals surface area contributed by atoms with Gasteiger partial charge in [0.2, 0.25) is 0 Å². The molecule has 1 rings (SSSR count). The Morgan fingerprint density at radius 2 is 2.06 bits per heavy atom. The van der Waals surface area contributed by atoms with Gasteiger partial charge in [-0.05, 0) is 39.8 Å². The van der Waals surface area contributed by atoms with E-state index in [-0.39, 0.29) is 10.0 Å². The molecule has 0 bridgehead atoms. The third-order valence-electron chi connectivity index (χ3n) is 1.67. The van der Waals surface area contributed by atoms with E-state index in [2.05, 4.69) is 15.9 Å². The van der Waals surface area contributed by atoms with E-state index in [4.69, 9.17) is 10.4 Å². The Morgan fingerprint density at radius 3 is 2.47 bits per heavy atom. The topological polar surface area (TPSA) is 61.1 Å². The normalized spacial score (nSPS) is 11.0. The number of alkyl halides is 3. The lowest BCUT2D eigenvalue weighted by Crippen LogP contribution is -2.06. The van der Waals surface area contributed by atoms with Crippen LogP contribution in [0, 0.1) is 11.3 Å². The summed E-state index contributed by atoms with van der Waals surface area (Å²) in [6.45, 7) is 0. The van der Waals surface area contributed by atoms with Gasteiger partial charge in [-0.15, -0.1) is 0 Å². The van der Waals surface area contributed by atoms with Crippen molar-refractivity contribution in [2.75, 3.05) is 0 Å². The number of benzene rings is 1. The molecule has 1 N–H and O–H groups in total. The van der Waals surface area contributed by atoms with Crippen molar-refractivity contribution in [2.45, 2.75) is 10.4 Å². The summed E-state index contributed by atoms with van der Waals surface area (Å²) < 4.78 is 36.6. The first-order chi connectivity index (χ1) is 7.76. The van der Waals surface area contributed by atoms with Crippen LogP contribution in [0.3, 0.4) is 0 Å². The van der Waals surface area contributed by atoms with E-state index < -0.39 is 33.7 Å². The lowest BCUT2D eigenvalue weighted by atomic mass is 10.1. The quantitative estimate of drug-likeness (QED) is 0.843. The lowest BCUT2D eigenvalue weighted by molar-refractivity contribution is -0.0328. The highest BCUT2D eigenvalue weighted by Crippen LogP contribution is 2.43. The Kier molecular flexibility index (Phi) is 4.06. The first kappa shape index (κ1) is 13.9. The van der Waals surface area contributed by atoms with Crippen molar-refractivity contribution < 1.29 is 23.1 Å². The second-order valence-electron chi connectivity index (χ2n) is 2.77. The van der Waals surface area contributed by atoms with Crippen molar-refractivity contribution in [3.63, 3.8) is 0 Å². The van der Waals surface area contributed by atoms with E-state index in [1.807, 2.05) is 0 Å². The molecule has 0 heterocycles. The molecule has 0 aliphatic carbocycles. The van der Waals surface area contributed by atoms with Crippen molar-refractivity contribution in [1.82, 2.24) is 0 Å². The predicted molar refractivity (Wildman–Crippen MR) is 57.7 cm³/mol. The molecular weight excluding hydrogens is 323 g/mol. The van der Waals surface area contributed by atoms with Crippen LogP contribution in [-0.4, -0.2) is 16.6 Å². The van der Waals surface area contributed by atoms with Crippen LogP contribution in [0.5, 0.6) is 0 Å². The largest absolute Gasteiger partial charge is 0.478 e. The predicted octanol–water partition coefficient (Wildman–Crippen LogP) is 3.63. The van der Waals surface area contributed by atoms with E-state index in [1.54, 1.807) is 6.07 Å². The molecule has 0 aromatic heterocycles. The van der Waals surface area contributed by atoms with E-state index >= 15 is 0 Å². The number of nitrogens with zero attached hydrogens (tertiary/aromatic N) is 1. The third kappa shape index (κ3) is 3.38. The molecule has 8 heteroatoms. The average molecular weight is 326 g/mol. The lowest BCUT2D eigenvalue weighted by Gasteiger charge is -2.11. The molecule has 0 radical (unpaired) electrons. The zero-order valence-electron chi connectivity index (χ0n) is 7.88. The Morgan fingerprint density at radius 1 is 1.47 bits per heavy atom. The molecule has 0 aliphatic heterocycles. The summed E-state index contributed by atoms with van der Waals surface area (Å²) in [4.78, 5) is 10.3. The summed E-state index contributed by atoms with van der Waals surface area (Å²) in [5, 5.41) is 17.4. The number of thioether (sulfide) groups is 1. The summed E-state index contributed by atoms with van der Waals surface area (Å²) in [5.41, 5.74) is -5.18. The molecule has 0 fully saturated rings. The van der Waals surface area contributed by atoms with Crippen LogP contribution >= 0.6 is 27.7 Å². The van der Waals surface area contributed by atoms with Gasteiger partial charge in [-0.2, -0.15) is 18.4 Å². The zero-order valence-corrected chi connectivity index (χ0v) is 10.3.